The largest absolute Gasteiger partial charge is 0.493 e. The van der Waals surface area contributed by atoms with Crippen LogP contribution in [0.1, 0.15) is 12.5 Å². The van der Waals surface area contributed by atoms with Crippen LogP contribution in [-0.4, -0.2) is 72.4 Å². The minimum absolute atomic E-state index is 0.119. The topological polar surface area (TPSA) is 103 Å². The summed E-state index contributed by atoms with van der Waals surface area (Å²) in [7, 11) is -0.575. The van der Waals surface area contributed by atoms with E-state index in [4.69, 9.17) is 18.9 Å². The first-order chi connectivity index (χ1) is 15.8. The van der Waals surface area contributed by atoms with E-state index >= 15 is 0 Å². The van der Waals surface area contributed by atoms with Gasteiger partial charge in [0.05, 0.1) is 32.3 Å². The highest BCUT2D eigenvalue weighted by atomic mass is 32.2. The summed E-state index contributed by atoms with van der Waals surface area (Å²) in [4.78, 5) is 14.3. The molecule has 2 aromatic rings. The third kappa shape index (κ3) is 6.59. The fourth-order valence-corrected chi connectivity index (χ4v) is 4.47. The van der Waals surface area contributed by atoms with Crippen molar-refractivity contribution in [3.63, 3.8) is 0 Å². The van der Waals surface area contributed by atoms with E-state index in [0.717, 1.165) is 5.56 Å². The maximum absolute atomic E-state index is 12.6. The number of ether oxygens (including phenoxy) is 4. The van der Waals surface area contributed by atoms with Crippen LogP contribution < -0.4 is 18.9 Å². The molecule has 0 saturated carbocycles. The molecule has 0 bridgehead atoms. The molecule has 2 aromatic carbocycles. The zero-order valence-electron chi connectivity index (χ0n) is 19.1. The van der Waals surface area contributed by atoms with E-state index < -0.39 is 16.1 Å². The number of rotatable bonds is 10. The first kappa shape index (κ1) is 24.8. The van der Waals surface area contributed by atoms with Crippen LogP contribution >= 0.6 is 0 Å². The number of methoxy groups -OCH3 is 2. The summed E-state index contributed by atoms with van der Waals surface area (Å²) in [6, 6.07) is 11.5. The molecule has 1 fully saturated rings. The number of carbonyl (C=O) groups is 1. The van der Waals surface area contributed by atoms with Crippen molar-refractivity contribution in [2.24, 2.45) is 0 Å². The highest BCUT2D eigenvalue weighted by molar-refractivity contribution is 7.89. The second-order valence-corrected chi connectivity index (χ2v) is 9.27. The summed E-state index contributed by atoms with van der Waals surface area (Å²) in [5, 5.41) is 0. The third-order valence-electron chi connectivity index (χ3n) is 5.27. The van der Waals surface area contributed by atoms with Gasteiger partial charge in [0.2, 0.25) is 10.0 Å². The second kappa shape index (κ2) is 11.4. The predicted molar refractivity (Wildman–Crippen MR) is 122 cm³/mol. The molecule has 33 heavy (non-hydrogen) atoms. The van der Waals surface area contributed by atoms with Crippen LogP contribution in [0.4, 0.5) is 0 Å². The fourth-order valence-electron chi connectivity index (χ4n) is 3.44. The van der Waals surface area contributed by atoms with Gasteiger partial charge in [0.1, 0.15) is 5.75 Å². The van der Waals surface area contributed by atoms with Gasteiger partial charge in [-0.25, -0.2) is 13.1 Å². The van der Waals surface area contributed by atoms with E-state index in [-0.39, 0.29) is 17.3 Å². The molecule has 0 radical (unpaired) electrons. The van der Waals surface area contributed by atoms with Crippen LogP contribution in [-0.2, 0) is 26.0 Å². The molecular formula is C23H30N2O7S. The number of hydrogen-bond donors (Lipinski definition) is 1. The quantitative estimate of drug-likeness (QED) is 0.556. The molecule has 180 valence electrons. The molecule has 1 aliphatic heterocycles. The Kier molecular flexibility index (Phi) is 8.54. The van der Waals surface area contributed by atoms with Gasteiger partial charge in [-0.2, -0.15) is 0 Å². The van der Waals surface area contributed by atoms with Gasteiger partial charge in [0.25, 0.3) is 5.91 Å². The number of sulfonamides is 1. The molecule has 1 atom stereocenters. The van der Waals surface area contributed by atoms with E-state index in [1.807, 2.05) is 12.1 Å². The van der Waals surface area contributed by atoms with Crippen molar-refractivity contribution >= 4 is 15.9 Å². The highest BCUT2D eigenvalue weighted by Crippen LogP contribution is 2.27. The zero-order valence-corrected chi connectivity index (χ0v) is 19.9. The molecule has 1 heterocycles. The minimum atomic E-state index is -3.69. The van der Waals surface area contributed by atoms with Gasteiger partial charge in [-0.1, -0.05) is 6.07 Å². The first-order valence-corrected chi connectivity index (χ1v) is 12.2. The molecule has 0 unspecified atom stereocenters. The number of carbonyl (C=O) groups excluding carboxylic acids is 1. The van der Waals surface area contributed by atoms with Crippen LogP contribution in [0.25, 0.3) is 0 Å². The Bertz CT molecular complexity index is 1040. The monoisotopic (exact) mass is 478 g/mol. The van der Waals surface area contributed by atoms with Crippen molar-refractivity contribution in [1.29, 1.82) is 0 Å². The van der Waals surface area contributed by atoms with E-state index in [1.165, 1.54) is 12.1 Å². The lowest BCUT2D eigenvalue weighted by Crippen LogP contribution is -2.46. The SMILES string of the molecule is COc1ccc(CCNS(=O)(=O)c2ccc(O[C@H](C)C(=O)N3CCOCC3)cc2)cc1OC. The molecule has 1 saturated heterocycles. The summed E-state index contributed by atoms with van der Waals surface area (Å²) in [6.45, 7) is 4.02. The van der Waals surface area contributed by atoms with Crippen molar-refractivity contribution in [3.05, 3.63) is 48.0 Å². The van der Waals surface area contributed by atoms with E-state index in [0.29, 0.717) is 50.0 Å². The van der Waals surface area contributed by atoms with E-state index in [9.17, 15) is 13.2 Å². The van der Waals surface area contributed by atoms with Gasteiger partial charge in [-0.3, -0.25) is 4.79 Å². The van der Waals surface area contributed by atoms with Gasteiger partial charge in [0, 0.05) is 19.6 Å². The summed E-state index contributed by atoms with van der Waals surface area (Å²) in [6.07, 6.45) is -0.188. The third-order valence-corrected chi connectivity index (χ3v) is 6.75. The summed E-state index contributed by atoms with van der Waals surface area (Å²) in [5.74, 6) is 1.51. The van der Waals surface area contributed by atoms with Crippen molar-refractivity contribution in [3.8, 4) is 17.2 Å². The number of hydrogen-bond acceptors (Lipinski definition) is 7. The fraction of sp³-hybridized carbons (Fsp3) is 0.435. The lowest BCUT2D eigenvalue weighted by atomic mass is 10.1. The lowest BCUT2D eigenvalue weighted by Gasteiger charge is -2.29. The number of benzene rings is 2. The Labute approximate surface area is 194 Å². The minimum Gasteiger partial charge on any atom is -0.493 e. The van der Waals surface area contributed by atoms with Crippen LogP contribution in [0.2, 0.25) is 0 Å². The van der Waals surface area contributed by atoms with Crippen LogP contribution in [0.5, 0.6) is 17.2 Å². The second-order valence-electron chi connectivity index (χ2n) is 7.51. The lowest BCUT2D eigenvalue weighted by molar-refractivity contribution is -0.142. The Balaban J connectivity index is 1.54. The molecule has 0 aliphatic carbocycles. The summed E-state index contributed by atoms with van der Waals surface area (Å²) >= 11 is 0. The maximum atomic E-state index is 12.6. The molecule has 1 N–H and O–H groups in total. The summed E-state index contributed by atoms with van der Waals surface area (Å²) in [5.41, 5.74) is 0.915. The van der Waals surface area contributed by atoms with Crippen LogP contribution in [0.3, 0.4) is 0 Å². The molecule has 10 heteroatoms. The molecule has 1 aliphatic rings. The van der Waals surface area contributed by atoms with E-state index in [1.54, 1.807) is 44.2 Å². The van der Waals surface area contributed by atoms with Gasteiger partial charge in [-0.15, -0.1) is 0 Å². The number of nitrogens with one attached hydrogen (secondary N) is 1. The first-order valence-electron chi connectivity index (χ1n) is 10.7. The standard InChI is InChI=1S/C23H30N2O7S/c1-17(23(26)25-12-14-31-15-13-25)32-19-5-7-20(8-6-19)33(27,28)24-11-10-18-4-9-21(29-2)22(16-18)30-3/h4-9,16-17,24H,10-15H2,1-3H3/t17-/m1/s1. The maximum Gasteiger partial charge on any atom is 0.263 e. The van der Waals surface area contributed by atoms with Crippen LogP contribution in [0.15, 0.2) is 47.4 Å². The zero-order chi connectivity index (χ0) is 23.8. The van der Waals surface area contributed by atoms with Gasteiger partial charge in [0.15, 0.2) is 17.6 Å². The molecule has 9 nitrogen and oxygen atoms in total. The molecule has 1 amide bonds. The number of amides is 1. The van der Waals surface area contributed by atoms with Crippen molar-refractivity contribution in [2.45, 2.75) is 24.3 Å². The predicted octanol–water partition coefficient (Wildman–Crippen LogP) is 1.85. The van der Waals surface area contributed by atoms with E-state index in [2.05, 4.69) is 4.72 Å². The average Bonchev–Trinajstić information content (AvgIpc) is 2.84. The number of nitrogens with zero attached hydrogens (tertiary/aromatic N) is 1. The average molecular weight is 479 g/mol. The number of morpholine rings is 1. The normalized spacial score (nSPS) is 15.1. The Morgan fingerprint density at radius 1 is 1.06 bits per heavy atom. The summed E-state index contributed by atoms with van der Waals surface area (Å²) < 4.78 is 49.3. The Morgan fingerprint density at radius 2 is 1.73 bits per heavy atom. The Hall–Kier alpha value is -2.82. The van der Waals surface area contributed by atoms with Gasteiger partial charge in [-0.05, 0) is 55.3 Å². The van der Waals surface area contributed by atoms with Crippen molar-refractivity contribution in [2.75, 3.05) is 47.1 Å². The van der Waals surface area contributed by atoms with Crippen molar-refractivity contribution in [1.82, 2.24) is 9.62 Å². The van der Waals surface area contributed by atoms with Gasteiger partial charge < -0.3 is 23.8 Å². The molecule has 0 spiro atoms. The molecule has 3 rings (SSSR count). The Morgan fingerprint density at radius 3 is 2.36 bits per heavy atom. The van der Waals surface area contributed by atoms with Crippen molar-refractivity contribution < 1.29 is 32.2 Å². The molecule has 0 aromatic heterocycles. The van der Waals surface area contributed by atoms with Gasteiger partial charge >= 0.3 is 0 Å². The highest BCUT2D eigenvalue weighted by Gasteiger charge is 2.24. The molecular weight excluding hydrogens is 448 g/mol. The smallest absolute Gasteiger partial charge is 0.263 e. The van der Waals surface area contributed by atoms with Crippen LogP contribution in [0, 0.1) is 0 Å².